The molecule has 2 heterocycles. The van der Waals surface area contributed by atoms with E-state index >= 15 is 0 Å². The van der Waals surface area contributed by atoms with Crippen molar-refractivity contribution in [3.05, 3.63) is 60.2 Å². The zero-order valence-corrected chi connectivity index (χ0v) is 15.0. The Bertz CT molecular complexity index is 894. The van der Waals surface area contributed by atoms with Crippen molar-refractivity contribution < 1.29 is 4.79 Å². The smallest absolute Gasteiger partial charge is 0.243 e. The van der Waals surface area contributed by atoms with Gasteiger partial charge in [0.25, 0.3) is 0 Å². The fraction of sp³-hybridized carbons (Fsp3) is 0.250. The Kier molecular flexibility index (Phi) is 4.65. The zero-order chi connectivity index (χ0) is 18.0. The lowest BCUT2D eigenvalue weighted by Crippen LogP contribution is -2.26. The van der Waals surface area contributed by atoms with Crippen LogP contribution in [0.15, 0.2) is 49.1 Å². The molecule has 25 heavy (non-hydrogen) atoms. The molecule has 0 aliphatic rings. The highest BCUT2D eigenvalue weighted by Crippen LogP contribution is 2.27. The van der Waals surface area contributed by atoms with Crippen LogP contribution in [0.5, 0.6) is 0 Å². The summed E-state index contributed by atoms with van der Waals surface area (Å²) < 4.78 is 1.67. The molecule has 0 bridgehead atoms. The van der Waals surface area contributed by atoms with E-state index in [1.54, 1.807) is 29.9 Å². The summed E-state index contributed by atoms with van der Waals surface area (Å²) in [5.74, 6) is 0.0208. The Morgan fingerprint density at radius 1 is 1.00 bits per heavy atom. The normalized spacial score (nSPS) is 10.7. The van der Waals surface area contributed by atoms with Crippen molar-refractivity contribution in [3.63, 3.8) is 0 Å². The minimum atomic E-state index is 0.0208. The molecule has 0 saturated heterocycles. The van der Waals surface area contributed by atoms with Crippen molar-refractivity contribution in [2.24, 2.45) is 0 Å². The largest absolute Gasteiger partial charge is 0.347 e. The first-order chi connectivity index (χ1) is 12.0. The number of benzene rings is 1. The number of nitrogens with zero attached hydrogens (tertiary/aromatic N) is 4. The van der Waals surface area contributed by atoms with E-state index in [0.717, 1.165) is 22.3 Å². The highest BCUT2D eigenvalue weighted by Gasteiger charge is 2.09. The molecule has 0 spiro atoms. The number of rotatable bonds is 4. The van der Waals surface area contributed by atoms with E-state index in [1.807, 2.05) is 18.6 Å². The second-order valence-corrected chi connectivity index (χ2v) is 6.42. The summed E-state index contributed by atoms with van der Waals surface area (Å²) in [6.45, 7) is 4.44. The van der Waals surface area contributed by atoms with Crippen molar-refractivity contribution in [1.29, 1.82) is 0 Å². The maximum absolute atomic E-state index is 11.8. The Morgan fingerprint density at radius 3 is 2.36 bits per heavy atom. The Labute approximate surface area is 147 Å². The molecule has 5 heteroatoms. The summed E-state index contributed by atoms with van der Waals surface area (Å²) in [6.07, 6.45) is 7.48. The van der Waals surface area contributed by atoms with Gasteiger partial charge >= 0.3 is 0 Å². The van der Waals surface area contributed by atoms with Crippen molar-refractivity contribution in [2.75, 3.05) is 14.1 Å². The number of likely N-dealkylation sites (N-methyl/N-ethyl adjacent to an activating group) is 1. The monoisotopic (exact) mass is 334 g/mol. The van der Waals surface area contributed by atoms with Crippen LogP contribution < -0.4 is 0 Å². The number of aromatic nitrogens is 3. The number of amides is 1. The lowest BCUT2D eigenvalue weighted by Gasteiger charge is -2.09. The van der Waals surface area contributed by atoms with Gasteiger partial charge in [-0.15, -0.1) is 0 Å². The minimum Gasteiger partial charge on any atom is -0.347 e. The first kappa shape index (κ1) is 16.9. The average Bonchev–Trinajstić information content (AvgIpc) is 3.06. The van der Waals surface area contributed by atoms with Crippen LogP contribution in [0.1, 0.15) is 11.1 Å². The molecule has 5 nitrogen and oxygen atoms in total. The maximum Gasteiger partial charge on any atom is 0.243 e. The van der Waals surface area contributed by atoms with Gasteiger partial charge in [-0.05, 0) is 36.1 Å². The molecule has 0 radical (unpaired) electrons. The third kappa shape index (κ3) is 3.60. The topological polar surface area (TPSA) is 51.0 Å². The highest BCUT2D eigenvalue weighted by molar-refractivity contribution is 5.75. The number of carbonyl (C=O) groups excluding carboxylic acids is 1. The summed E-state index contributed by atoms with van der Waals surface area (Å²) in [6, 6.07) is 8.35. The van der Waals surface area contributed by atoms with Crippen molar-refractivity contribution in [3.8, 4) is 22.3 Å². The first-order valence-corrected chi connectivity index (χ1v) is 8.20. The second-order valence-electron chi connectivity index (χ2n) is 6.42. The molecule has 0 saturated carbocycles. The molecule has 1 amide bonds. The van der Waals surface area contributed by atoms with Gasteiger partial charge in [0.05, 0.1) is 6.20 Å². The van der Waals surface area contributed by atoms with Crippen LogP contribution in [0.3, 0.4) is 0 Å². The van der Waals surface area contributed by atoms with Crippen LogP contribution in [0, 0.1) is 13.8 Å². The number of aryl methyl sites for hydroxylation is 1. The summed E-state index contributed by atoms with van der Waals surface area (Å²) >= 11 is 0. The van der Waals surface area contributed by atoms with E-state index in [0.29, 0.717) is 0 Å². The van der Waals surface area contributed by atoms with Crippen molar-refractivity contribution >= 4 is 5.91 Å². The molecule has 0 aliphatic carbocycles. The van der Waals surface area contributed by atoms with Crippen LogP contribution >= 0.6 is 0 Å². The molecular formula is C20H22N4O. The van der Waals surface area contributed by atoms with Gasteiger partial charge in [-0.25, -0.2) is 0 Å². The van der Waals surface area contributed by atoms with Gasteiger partial charge in [-0.3, -0.25) is 14.5 Å². The molecule has 0 aliphatic heterocycles. The minimum absolute atomic E-state index is 0.0208. The SMILES string of the molecule is Cc1cncc(-c2ccc(-c3cnn(CC(=O)N(C)C)c3)cc2)c1C. The average molecular weight is 334 g/mol. The van der Waals surface area contributed by atoms with Crippen LogP contribution in [0.4, 0.5) is 0 Å². The summed E-state index contributed by atoms with van der Waals surface area (Å²) in [4.78, 5) is 17.6. The van der Waals surface area contributed by atoms with Gasteiger partial charge in [0.1, 0.15) is 6.54 Å². The molecule has 128 valence electrons. The number of hydrogen-bond donors (Lipinski definition) is 0. The predicted molar refractivity (Wildman–Crippen MR) is 99.1 cm³/mol. The highest BCUT2D eigenvalue weighted by atomic mass is 16.2. The summed E-state index contributed by atoms with van der Waals surface area (Å²) in [5.41, 5.74) is 6.81. The number of carbonyl (C=O) groups is 1. The Hall–Kier alpha value is -2.95. The lowest BCUT2D eigenvalue weighted by molar-refractivity contribution is -0.129. The number of hydrogen-bond acceptors (Lipinski definition) is 3. The van der Waals surface area contributed by atoms with E-state index in [2.05, 4.69) is 48.2 Å². The molecule has 3 rings (SSSR count). The third-order valence-electron chi connectivity index (χ3n) is 4.43. The lowest BCUT2D eigenvalue weighted by atomic mass is 9.98. The van der Waals surface area contributed by atoms with Crippen LogP contribution in [0.25, 0.3) is 22.3 Å². The molecule has 1 aromatic carbocycles. The van der Waals surface area contributed by atoms with Crippen molar-refractivity contribution in [2.45, 2.75) is 20.4 Å². The van der Waals surface area contributed by atoms with Crippen LogP contribution in [-0.2, 0) is 11.3 Å². The summed E-state index contributed by atoms with van der Waals surface area (Å²) in [7, 11) is 3.49. The quantitative estimate of drug-likeness (QED) is 0.735. The van der Waals surface area contributed by atoms with E-state index < -0.39 is 0 Å². The fourth-order valence-electron chi connectivity index (χ4n) is 2.64. The van der Waals surface area contributed by atoms with E-state index in [-0.39, 0.29) is 12.5 Å². The third-order valence-corrected chi connectivity index (χ3v) is 4.43. The van der Waals surface area contributed by atoms with Crippen molar-refractivity contribution in [1.82, 2.24) is 19.7 Å². The van der Waals surface area contributed by atoms with E-state index in [4.69, 9.17) is 0 Å². The molecule has 0 atom stereocenters. The standard InChI is InChI=1S/C20H22N4O/c1-14-9-21-11-19(15(14)2)17-7-5-16(6-8-17)18-10-22-24(12-18)13-20(25)23(3)4/h5-12H,13H2,1-4H3. The molecule has 0 fully saturated rings. The first-order valence-electron chi connectivity index (χ1n) is 8.20. The molecule has 0 unspecified atom stereocenters. The van der Waals surface area contributed by atoms with Gasteiger partial charge in [0.2, 0.25) is 5.91 Å². The molecular weight excluding hydrogens is 312 g/mol. The van der Waals surface area contributed by atoms with Crippen LogP contribution in [-0.4, -0.2) is 39.7 Å². The van der Waals surface area contributed by atoms with E-state index in [9.17, 15) is 4.79 Å². The predicted octanol–water partition coefficient (Wildman–Crippen LogP) is 3.32. The van der Waals surface area contributed by atoms with Gasteiger partial charge in [-0.1, -0.05) is 24.3 Å². The number of pyridine rings is 1. The zero-order valence-electron chi connectivity index (χ0n) is 15.0. The van der Waals surface area contributed by atoms with Gasteiger partial charge in [0, 0.05) is 43.8 Å². The van der Waals surface area contributed by atoms with Crippen LogP contribution in [0.2, 0.25) is 0 Å². The maximum atomic E-state index is 11.8. The summed E-state index contributed by atoms with van der Waals surface area (Å²) in [5, 5.41) is 4.28. The fourth-order valence-corrected chi connectivity index (χ4v) is 2.64. The van der Waals surface area contributed by atoms with Gasteiger partial charge < -0.3 is 4.90 Å². The second kappa shape index (κ2) is 6.89. The van der Waals surface area contributed by atoms with Gasteiger partial charge in [0.15, 0.2) is 0 Å². The molecule has 2 aromatic heterocycles. The Balaban J connectivity index is 1.82. The molecule has 3 aromatic rings. The Morgan fingerprint density at radius 2 is 1.68 bits per heavy atom. The van der Waals surface area contributed by atoms with Gasteiger partial charge in [-0.2, -0.15) is 5.10 Å². The molecule has 0 N–H and O–H groups in total. The van der Waals surface area contributed by atoms with E-state index in [1.165, 1.54) is 11.1 Å².